The summed E-state index contributed by atoms with van der Waals surface area (Å²) < 4.78 is 0. The molecule has 0 bridgehead atoms. The van der Waals surface area contributed by atoms with E-state index in [4.69, 9.17) is 0 Å². The molecule has 0 heterocycles. The van der Waals surface area contributed by atoms with Crippen molar-refractivity contribution in [1.82, 2.24) is 0 Å². The Hall–Kier alpha value is -4.18. The SMILES string of the molecule is C.Oc1cccc(O)c1-c1c2ccccc2c(-c2c(O)cccc2O)c2ccccc12. The zero-order valence-electron chi connectivity index (χ0n) is 15.9. The predicted octanol–water partition coefficient (Wildman–Crippen LogP) is 6.79. The van der Waals surface area contributed by atoms with Crippen LogP contribution >= 0.6 is 0 Å². The molecule has 0 saturated heterocycles. The fourth-order valence-electron chi connectivity index (χ4n) is 4.24. The summed E-state index contributed by atoms with van der Waals surface area (Å²) in [4.78, 5) is 0. The van der Waals surface area contributed by atoms with Gasteiger partial charge in [-0.05, 0) is 45.8 Å². The molecular formula is C27H22O4. The Morgan fingerprint density at radius 1 is 0.323 bits per heavy atom. The van der Waals surface area contributed by atoms with Crippen molar-refractivity contribution in [2.24, 2.45) is 0 Å². The van der Waals surface area contributed by atoms with E-state index >= 15 is 0 Å². The van der Waals surface area contributed by atoms with E-state index in [0.717, 1.165) is 21.5 Å². The highest BCUT2D eigenvalue weighted by Gasteiger charge is 2.22. The molecule has 0 aromatic heterocycles. The molecule has 0 aliphatic rings. The van der Waals surface area contributed by atoms with E-state index in [-0.39, 0.29) is 30.4 Å². The smallest absolute Gasteiger partial charge is 0.127 e. The quantitative estimate of drug-likeness (QED) is 0.242. The highest BCUT2D eigenvalue weighted by atomic mass is 16.3. The third-order valence-corrected chi connectivity index (χ3v) is 5.47. The zero-order chi connectivity index (χ0) is 20.8. The Morgan fingerprint density at radius 2 is 0.581 bits per heavy atom. The molecule has 154 valence electrons. The second-order valence-electron chi connectivity index (χ2n) is 7.18. The van der Waals surface area contributed by atoms with E-state index in [1.54, 1.807) is 36.4 Å². The molecule has 5 rings (SSSR count). The number of hydrogen-bond donors (Lipinski definition) is 4. The molecule has 0 aliphatic heterocycles. The third kappa shape index (κ3) is 3.01. The van der Waals surface area contributed by atoms with Gasteiger partial charge >= 0.3 is 0 Å². The van der Waals surface area contributed by atoms with Crippen molar-refractivity contribution < 1.29 is 20.4 Å². The van der Waals surface area contributed by atoms with Crippen LogP contribution in [-0.2, 0) is 0 Å². The Bertz CT molecular complexity index is 1230. The summed E-state index contributed by atoms with van der Waals surface area (Å²) in [5.41, 5.74) is 2.07. The van der Waals surface area contributed by atoms with E-state index in [1.165, 1.54) is 0 Å². The maximum absolute atomic E-state index is 10.6. The Balaban J connectivity index is 0.00000231. The Kier molecular flexibility index (Phi) is 4.91. The monoisotopic (exact) mass is 410 g/mol. The van der Waals surface area contributed by atoms with Crippen molar-refractivity contribution in [1.29, 1.82) is 0 Å². The molecule has 0 unspecified atom stereocenters. The van der Waals surface area contributed by atoms with Crippen LogP contribution in [0.5, 0.6) is 23.0 Å². The molecule has 0 aliphatic carbocycles. The van der Waals surface area contributed by atoms with Gasteiger partial charge in [-0.25, -0.2) is 0 Å². The number of rotatable bonds is 2. The Morgan fingerprint density at radius 3 is 0.839 bits per heavy atom. The molecule has 0 amide bonds. The molecule has 5 aromatic carbocycles. The van der Waals surface area contributed by atoms with Gasteiger partial charge in [0.2, 0.25) is 0 Å². The minimum absolute atomic E-state index is 0. The highest BCUT2D eigenvalue weighted by Crippen LogP contribution is 2.50. The fraction of sp³-hybridized carbons (Fsp3) is 0.0370. The molecule has 4 heteroatoms. The highest BCUT2D eigenvalue weighted by molar-refractivity contribution is 6.23. The zero-order valence-corrected chi connectivity index (χ0v) is 15.9. The average Bonchev–Trinajstić information content (AvgIpc) is 2.74. The van der Waals surface area contributed by atoms with Gasteiger partial charge in [-0.15, -0.1) is 0 Å². The summed E-state index contributed by atoms with van der Waals surface area (Å²) >= 11 is 0. The van der Waals surface area contributed by atoms with Crippen molar-refractivity contribution in [2.75, 3.05) is 0 Å². The average molecular weight is 410 g/mol. The fourth-order valence-corrected chi connectivity index (χ4v) is 4.24. The lowest BCUT2D eigenvalue weighted by molar-refractivity contribution is 0.453. The lowest BCUT2D eigenvalue weighted by atomic mass is 9.85. The van der Waals surface area contributed by atoms with Crippen LogP contribution < -0.4 is 0 Å². The van der Waals surface area contributed by atoms with Gasteiger partial charge in [-0.2, -0.15) is 0 Å². The van der Waals surface area contributed by atoms with Gasteiger partial charge in [-0.1, -0.05) is 68.1 Å². The topological polar surface area (TPSA) is 80.9 Å². The van der Waals surface area contributed by atoms with E-state index < -0.39 is 0 Å². The van der Waals surface area contributed by atoms with Crippen LogP contribution in [0.1, 0.15) is 7.43 Å². The van der Waals surface area contributed by atoms with Crippen LogP contribution in [-0.4, -0.2) is 20.4 Å². The van der Waals surface area contributed by atoms with Crippen LogP contribution in [0, 0.1) is 0 Å². The van der Waals surface area contributed by atoms with Crippen molar-refractivity contribution in [3.63, 3.8) is 0 Å². The van der Waals surface area contributed by atoms with Crippen molar-refractivity contribution in [3.8, 4) is 45.3 Å². The Labute approximate surface area is 179 Å². The minimum Gasteiger partial charge on any atom is -0.507 e. The van der Waals surface area contributed by atoms with Crippen molar-refractivity contribution in [2.45, 2.75) is 7.43 Å². The van der Waals surface area contributed by atoms with E-state index in [2.05, 4.69) is 0 Å². The summed E-state index contributed by atoms with van der Waals surface area (Å²) in [7, 11) is 0. The molecule has 31 heavy (non-hydrogen) atoms. The molecule has 0 radical (unpaired) electrons. The molecule has 4 nitrogen and oxygen atoms in total. The molecule has 0 fully saturated rings. The first-order valence-corrected chi connectivity index (χ1v) is 9.54. The van der Waals surface area contributed by atoms with Crippen molar-refractivity contribution >= 4 is 21.5 Å². The number of phenols is 4. The van der Waals surface area contributed by atoms with Gasteiger partial charge in [0.25, 0.3) is 0 Å². The second kappa shape index (κ2) is 7.58. The number of fused-ring (bicyclic) bond motifs is 2. The number of hydrogen-bond acceptors (Lipinski definition) is 4. The van der Waals surface area contributed by atoms with Gasteiger partial charge in [0.05, 0.1) is 11.1 Å². The molecule has 0 saturated carbocycles. The van der Waals surface area contributed by atoms with Crippen LogP contribution in [0.4, 0.5) is 0 Å². The van der Waals surface area contributed by atoms with E-state index in [9.17, 15) is 20.4 Å². The number of phenolic OH excluding ortho intramolecular Hbond substituents is 4. The lowest BCUT2D eigenvalue weighted by Gasteiger charge is -2.19. The summed E-state index contributed by atoms with van der Waals surface area (Å²) in [6.07, 6.45) is 0. The molecule has 0 spiro atoms. The normalized spacial score (nSPS) is 10.8. The number of benzene rings is 5. The maximum atomic E-state index is 10.6. The molecular weight excluding hydrogens is 388 g/mol. The summed E-state index contributed by atoms with van der Waals surface area (Å²) in [6.45, 7) is 0. The van der Waals surface area contributed by atoms with Crippen LogP contribution in [0.3, 0.4) is 0 Å². The van der Waals surface area contributed by atoms with Gasteiger partial charge in [0.15, 0.2) is 0 Å². The summed E-state index contributed by atoms with van der Waals surface area (Å²) in [6, 6.07) is 24.5. The largest absolute Gasteiger partial charge is 0.507 e. The van der Waals surface area contributed by atoms with Crippen LogP contribution in [0.2, 0.25) is 0 Å². The summed E-state index contributed by atoms with van der Waals surface area (Å²) in [5.74, 6) is -0.0983. The van der Waals surface area contributed by atoms with E-state index in [0.29, 0.717) is 22.3 Å². The van der Waals surface area contributed by atoms with Gasteiger partial charge in [0.1, 0.15) is 23.0 Å². The van der Waals surface area contributed by atoms with Gasteiger partial charge in [0, 0.05) is 11.1 Å². The van der Waals surface area contributed by atoms with Gasteiger partial charge < -0.3 is 20.4 Å². The van der Waals surface area contributed by atoms with Crippen LogP contribution in [0.25, 0.3) is 43.8 Å². The first kappa shape index (κ1) is 20.1. The van der Waals surface area contributed by atoms with E-state index in [1.807, 2.05) is 48.5 Å². The molecule has 4 N–H and O–H groups in total. The van der Waals surface area contributed by atoms with Crippen molar-refractivity contribution in [3.05, 3.63) is 84.9 Å². The third-order valence-electron chi connectivity index (χ3n) is 5.47. The minimum atomic E-state index is -0.0246. The first-order valence-electron chi connectivity index (χ1n) is 9.54. The first-order chi connectivity index (χ1) is 14.6. The standard InChI is InChI=1S/C26H18O4.CH4/c27-19-11-5-12-20(28)25(19)23-15-7-1-2-8-16(15)24(18-10-4-3-9-17(18)23)26-21(29)13-6-14-22(26)30;/h1-14,27-30H;1H4. The second-order valence-corrected chi connectivity index (χ2v) is 7.18. The summed E-state index contributed by atoms with van der Waals surface area (Å²) in [5, 5.41) is 45.5. The predicted molar refractivity (Wildman–Crippen MR) is 126 cm³/mol. The lowest BCUT2D eigenvalue weighted by Crippen LogP contribution is -1.92. The molecule has 0 atom stereocenters. The van der Waals surface area contributed by atoms with Crippen LogP contribution in [0.15, 0.2) is 84.9 Å². The molecule has 5 aromatic rings. The van der Waals surface area contributed by atoms with Gasteiger partial charge in [-0.3, -0.25) is 0 Å². The maximum Gasteiger partial charge on any atom is 0.127 e. The number of aromatic hydroxyl groups is 4.